The van der Waals surface area contributed by atoms with Crippen LogP contribution in [-0.4, -0.2) is 26.8 Å². The fraction of sp³-hybridized carbons (Fsp3) is 0.700. The van der Waals surface area contributed by atoms with Gasteiger partial charge in [-0.1, -0.05) is 0 Å². The predicted octanol–water partition coefficient (Wildman–Crippen LogP) is 1.66. The second-order valence-corrected chi connectivity index (χ2v) is 4.96. The summed E-state index contributed by atoms with van der Waals surface area (Å²) in [5.41, 5.74) is -0.00706. The Morgan fingerprint density at radius 2 is 2.07 bits per heavy atom. The molecule has 0 spiro atoms. The Hall–Kier alpha value is -1.39. The van der Waals surface area contributed by atoms with Crippen LogP contribution in [0.4, 0.5) is 11.8 Å². The number of hydrogen-bond acceptors (Lipinski definition) is 5. The minimum Gasteiger partial charge on any atom is -0.364 e. The van der Waals surface area contributed by atoms with Gasteiger partial charge in [-0.25, -0.2) is 0 Å². The van der Waals surface area contributed by atoms with Gasteiger partial charge in [0.25, 0.3) is 0 Å². The third kappa shape index (κ3) is 3.34. The van der Waals surface area contributed by atoms with Crippen LogP contribution in [0.15, 0.2) is 6.20 Å². The van der Waals surface area contributed by atoms with Crippen molar-refractivity contribution in [3.63, 3.8) is 0 Å². The van der Waals surface area contributed by atoms with E-state index >= 15 is 0 Å². The predicted molar refractivity (Wildman–Crippen MR) is 59.8 cm³/mol. The van der Waals surface area contributed by atoms with Crippen molar-refractivity contribution in [2.24, 2.45) is 0 Å². The molecule has 2 rings (SSSR count). The number of aromatic nitrogens is 3. The molecule has 15 heavy (non-hydrogen) atoms. The Labute approximate surface area is 89.7 Å². The van der Waals surface area contributed by atoms with E-state index in [1.54, 1.807) is 6.20 Å². The zero-order chi connectivity index (χ0) is 10.9. The average Bonchev–Trinajstić information content (AvgIpc) is 2.85. The quantitative estimate of drug-likeness (QED) is 0.789. The van der Waals surface area contributed by atoms with Gasteiger partial charge in [-0.2, -0.15) is 10.1 Å². The van der Waals surface area contributed by atoms with Crippen molar-refractivity contribution in [3.05, 3.63) is 6.20 Å². The summed E-state index contributed by atoms with van der Waals surface area (Å²) in [5.74, 6) is 1.38. The number of anilines is 2. The van der Waals surface area contributed by atoms with E-state index in [4.69, 9.17) is 0 Å². The molecule has 0 amide bonds. The molecule has 1 aliphatic rings. The van der Waals surface area contributed by atoms with E-state index < -0.39 is 0 Å². The van der Waals surface area contributed by atoms with Crippen LogP contribution in [0, 0.1) is 0 Å². The Morgan fingerprint density at radius 3 is 2.67 bits per heavy atom. The molecule has 0 unspecified atom stereocenters. The van der Waals surface area contributed by atoms with Crippen molar-refractivity contribution in [1.29, 1.82) is 0 Å². The molecule has 5 heteroatoms. The maximum absolute atomic E-state index is 4.34. The first-order valence-electron chi connectivity index (χ1n) is 5.27. The van der Waals surface area contributed by atoms with Gasteiger partial charge < -0.3 is 10.6 Å². The van der Waals surface area contributed by atoms with Crippen LogP contribution >= 0.6 is 0 Å². The molecule has 0 aromatic carbocycles. The third-order valence-electron chi connectivity index (χ3n) is 1.97. The lowest BCUT2D eigenvalue weighted by Gasteiger charge is -2.20. The lowest BCUT2D eigenvalue weighted by molar-refractivity contribution is 0.629. The van der Waals surface area contributed by atoms with E-state index in [0.717, 1.165) is 5.82 Å². The number of nitrogens with zero attached hydrogens (tertiary/aromatic N) is 3. The van der Waals surface area contributed by atoms with Crippen LogP contribution in [0.25, 0.3) is 0 Å². The summed E-state index contributed by atoms with van der Waals surface area (Å²) < 4.78 is 0. The van der Waals surface area contributed by atoms with Crippen LogP contribution < -0.4 is 10.6 Å². The lowest BCUT2D eigenvalue weighted by Crippen LogP contribution is -2.27. The molecule has 2 N–H and O–H groups in total. The Morgan fingerprint density at radius 1 is 1.33 bits per heavy atom. The molecule has 0 saturated heterocycles. The first-order valence-corrected chi connectivity index (χ1v) is 5.27. The normalized spacial score (nSPS) is 16.2. The highest BCUT2D eigenvalue weighted by atomic mass is 15.3. The number of rotatable bonds is 3. The molecule has 0 bridgehead atoms. The minimum atomic E-state index is -0.00706. The highest BCUT2D eigenvalue weighted by molar-refractivity contribution is 5.39. The van der Waals surface area contributed by atoms with Crippen molar-refractivity contribution in [2.75, 3.05) is 10.6 Å². The smallest absolute Gasteiger partial charge is 0.244 e. The summed E-state index contributed by atoms with van der Waals surface area (Å²) >= 11 is 0. The summed E-state index contributed by atoms with van der Waals surface area (Å²) in [7, 11) is 0. The molecular weight excluding hydrogens is 190 g/mol. The molecule has 1 heterocycles. The molecular formula is C10H17N5. The lowest BCUT2D eigenvalue weighted by atomic mass is 10.1. The van der Waals surface area contributed by atoms with Gasteiger partial charge in [0, 0.05) is 11.6 Å². The molecule has 0 atom stereocenters. The summed E-state index contributed by atoms with van der Waals surface area (Å²) in [4.78, 5) is 4.34. The molecule has 5 nitrogen and oxygen atoms in total. The molecule has 0 radical (unpaired) electrons. The Balaban J connectivity index is 2.04. The summed E-state index contributed by atoms with van der Waals surface area (Å²) in [5, 5.41) is 14.3. The van der Waals surface area contributed by atoms with Crippen LogP contribution in [-0.2, 0) is 0 Å². The molecule has 1 saturated carbocycles. The van der Waals surface area contributed by atoms with Gasteiger partial charge in [0.1, 0.15) is 0 Å². The Kier molecular flexibility index (Phi) is 2.46. The fourth-order valence-corrected chi connectivity index (χ4v) is 1.22. The van der Waals surface area contributed by atoms with Crippen molar-refractivity contribution in [2.45, 2.75) is 45.2 Å². The SMILES string of the molecule is CC(C)(C)Nc1cnnc(NC2CC2)n1. The standard InChI is InChI=1S/C10H17N5/c1-10(2,3)14-8-6-11-15-9(13-8)12-7-4-5-7/h6-7H,4-5H2,1-3H3,(H2,12,13,14,15). The van der Waals surface area contributed by atoms with E-state index in [2.05, 4.69) is 46.6 Å². The van der Waals surface area contributed by atoms with Crippen LogP contribution in [0.1, 0.15) is 33.6 Å². The van der Waals surface area contributed by atoms with Gasteiger partial charge in [-0.15, -0.1) is 5.10 Å². The van der Waals surface area contributed by atoms with Gasteiger partial charge in [-0.05, 0) is 33.6 Å². The topological polar surface area (TPSA) is 62.7 Å². The largest absolute Gasteiger partial charge is 0.364 e. The third-order valence-corrected chi connectivity index (χ3v) is 1.97. The van der Waals surface area contributed by atoms with Crippen molar-refractivity contribution in [3.8, 4) is 0 Å². The number of hydrogen-bond donors (Lipinski definition) is 2. The summed E-state index contributed by atoms with van der Waals surface area (Å²) in [6.45, 7) is 6.26. The fourth-order valence-electron chi connectivity index (χ4n) is 1.22. The summed E-state index contributed by atoms with van der Waals surface area (Å²) in [6, 6.07) is 0.552. The van der Waals surface area contributed by atoms with Gasteiger partial charge >= 0.3 is 0 Å². The zero-order valence-electron chi connectivity index (χ0n) is 9.41. The Bertz CT molecular complexity index is 340. The van der Waals surface area contributed by atoms with Crippen LogP contribution in [0.3, 0.4) is 0 Å². The molecule has 1 aromatic heterocycles. The highest BCUT2D eigenvalue weighted by Crippen LogP contribution is 2.23. The molecule has 1 aliphatic carbocycles. The molecule has 1 aromatic rings. The second-order valence-electron chi connectivity index (χ2n) is 4.96. The minimum absolute atomic E-state index is 0.00706. The molecule has 82 valence electrons. The van der Waals surface area contributed by atoms with E-state index in [0.29, 0.717) is 12.0 Å². The van der Waals surface area contributed by atoms with Crippen molar-refractivity contribution in [1.82, 2.24) is 15.2 Å². The number of nitrogens with one attached hydrogen (secondary N) is 2. The average molecular weight is 207 g/mol. The van der Waals surface area contributed by atoms with Crippen LogP contribution in [0.2, 0.25) is 0 Å². The van der Waals surface area contributed by atoms with Gasteiger partial charge in [-0.3, -0.25) is 0 Å². The highest BCUT2D eigenvalue weighted by Gasteiger charge is 2.22. The van der Waals surface area contributed by atoms with Gasteiger partial charge in [0.05, 0.1) is 6.20 Å². The van der Waals surface area contributed by atoms with Crippen LogP contribution in [0.5, 0.6) is 0 Å². The van der Waals surface area contributed by atoms with Crippen molar-refractivity contribution < 1.29 is 0 Å². The maximum atomic E-state index is 4.34. The maximum Gasteiger partial charge on any atom is 0.244 e. The molecule has 0 aliphatic heterocycles. The van der Waals surface area contributed by atoms with E-state index in [-0.39, 0.29) is 5.54 Å². The van der Waals surface area contributed by atoms with E-state index in [9.17, 15) is 0 Å². The van der Waals surface area contributed by atoms with Gasteiger partial charge in [0.15, 0.2) is 5.82 Å². The zero-order valence-corrected chi connectivity index (χ0v) is 9.41. The summed E-state index contributed by atoms with van der Waals surface area (Å²) in [6.07, 6.45) is 4.06. The monoisotopic (exact) mass is 207 g/mol. The second kappa shape index (κ2) is 3.64. The van der Waals surface area contributed by atoms with E-state index in [1.807, 2.05) is 0 Å². The van der Waals surface area contributed by atoms with E-state index in [1.165, 1.54) is 12.8 Å². The first-order chi connectivity index (χ1) is 7.03. The first kappa shape index (κ1) is 10.1. The van der Waals surface area contributed by atoms with Gasteiger partial charge in [0.2, 0.25) is 5.95 Å². The van der Waals surface area contributed by atoms with Crippen molar-refractivity contribution >= 4 is 11.8 Å². The molecule has 1 fully saturated rings.